The number of sulfonamides is 1. The molecule has 20 heavy (non-hydrogen) atoms. The minimum absolute atomic E-state index is 0.0394. The smallest absolute Gasteiger partial charge is 0.243 e. The highest BCUT2D eigenvalue weighted by atomic mass is 32.2. The van der Waals surface area contributed by atoms with Crippen molar-refractivity contribution in [2.45, 2.75) is 11.3 Å². The molecule has 0 unspecified atom stereocenters. The molecule has 0 aromatic carbocycles. The Labute approximate surface area is 117 Å². The summed E-state index contributed by atoms with van der Waals surface area (Å²) in [6, 6.07) is 5.52. The highest BCUT2D eigenvalue weighted by Crippen LogP contribution is 2.07. The van der Waals surface area contributed by atoms with Crippen LogP contribution in [-0.4, -0.2) is 37.0 Å². The van der Waals surface area contributed by atoms with Gasteiger partial charge in [0.1, 0.15) is 4.90 Å². The zero-order valence-corrected chi connectivity index (χ0v) is 11.8. The summed E-state index contributed by atoms with van der Waals surface area (Å²) in [5.74, 6) is 0.373. The Hall–Kier alpha value is -2.06. The molecule has 0 aliphatic carbocycles. The van der Waals surface area contributed by atoms with Crippen LogP contribution in [0.25, 0.3) is 0 Å². The first-order valence-electron chi connectivity index (χ1n) is 6.01. The Balaban J connectivity index is 1.96. The van der Waals surface area contributed by atoms with Crippen molar-refractivity contribution >= 4 is 16.0 Å². The topological polar surface area (TPSA) is 96.9 Å². The van der Waals surface area contributed by atoms with Crippen LogP contribution in [-0.2, 0) is 16.4 Å². The molecule has 0 aliphatic heterocycles. The largest absolute Gasteiger partial charge is 0.357 e. The Morgan fingerprint density at radius 2 is 1.90 bits per heavy atom. The lowest BCUT2D eigenvalue weighted by Crippen LogP contribution is -2.26. The van der Waals surface area contributed by atoms with Crippen molar-refractivity contribution in [1.29, 1.82) is 0 Å². The highest BCUT2D eigenvalue weighted by molar-refractivity contribution is 7.89. The van der Waals surface area contributed by atoms with E-state index in [0.717, 1.165) is 5.69 Å². The standard InChI is InChI=1S/C12H15N5O2S/c1-13-12-15-8-11(9-16-12)20(18,19)17-7-5-10-4-2-3-6-14-10/h2-4,6,8-9,17H,5,7H2,1H3,(H,13,15,16). The molecule has 0 radical (unpaired) electrons. The second-order valence-corrected chi connectivity index (χ2v) is 5.73. The summed E-state index contributed by atoms with van der Waals surface area (Å²) in [7, 11) is -1.92. The zero-order chi connectivity index (χ0) is 14.4. The van der Waals surface area contributed by atoms with Gasteiger partial charge in [-0.05, 0) is 12.1 Å². The van der Waals surface area contributed by atoms with Crippen LogP contribution < -0.4 is 10.0 Å². The van der Waals surface area contributed by atoms with Gasteiger partial charge in [-0.15, -0.1) is 0 Å². The number of nitrogens with zero attached hydrogens (tertiary/aromatic N) is 3. The van der Waals surface area contributed by atoms with Crippen molar-refractivity contribution in [1.82, 2.24) is 19.7 Å². The van der Waals surface area contributed by atoms with Gasteiger partial charge in [0, 0.05) is 31.9 Å². The van der Waals surface area contributed by atoms with Gasteiger partial charge in [-0.2, -0.15) is 0 Å². The monoisotopic (exact) mass is 293 g/mol. The van der Waals surface area contributed by atoms with Gasteiger partial charge in [0.15, 0.2) is 0 Å². The molecule has 2 heterocycles. The molecule has 0 fully saturated rings. The predicted molar refractivity (Wildman–Crippen MR) is 74.7 cm³/mol. The number of anilines is 1. The van der Waals surface area contributed by atoms with Gasteiger partial charge in [0.2, 0.25) is 16.0 Å². The van der Waals surface area contributed by atoms with E-state index in [9.17, 15) is 8.42 Å². The molecule has 0 amide bonds. The number of hydrogen-bond donors (Lipinski definition) is 2. The maximum Gasteiger partial charge on any atom is 0.243 e. The van der Waals surface area contributed by atoms with E-state index in [1.165, 1.54) is 12.4 Å². The summed E-state index contributed by atoms with van der Waals surface area (Å²) >= 11 is 0. The fourth-order valence-electron chi connectivity index (χ4n) is 1.53. The normalized spacial score (nSPS) is 11.2. The average molecular weight is 293 g/mol. The summed E-state index contributed by atoms with van der Waals surface area (Å²) < 4.78 is 26.5. The van der Waals surface area contributed by atoms with Crippen molar-refractivity contribution in [2.75, 3.05) is 18.9 Å². The molecule has 106 valence electrons. The van der Waals surface area contributed by atoms with E-state index in [4.69, 9.17) is 0 Å². The lowest BCUT2D eigenvalue weighted by Gasteiger charge is -2.06. The molecule has 2 N–H and O–H groups in total. The molecular weight excluding hydrogens is 278 g/mol. The summed E-state index contributed by atoms with van der Waals surface area (Å²) in [6.45, 7) is 0.271. The highest BCUT2D eigenvalue weighted by Gasteiger charge is 2.14. The van der Waals surface area contributed by atoms with Gasteiger partial charge in [-0.25, -0.2) is 23.1 Å². The van der Waals surface area contributed by atoms with Crippen molar-refractivity contribution < 1.29 is 8.42 Å². The molecular formula is C12H15N5O2S. The average Bonchev–Trinajstić information content (AvgIpc) is 2.48. The van der Waals surface area contributed by atoms with E-state index < -0.39 is 10.0 Å². The predicted octanol–water partition coefficient (Wildman–Crippen LogP) is 0.434. The van der Waals surface area contributed by atoms with Gasteiger partial charge in [-0.1, -0.05) is 6.07 Å². The first kappa shape index (κ1) is 14.4. The van der Waals surface area contributed by atoms with Crippen LogP contribution in [0.5, 0.6) is 0 Å². The van der Waals surface area contributed by atoms with Crippen molar-refractivity contribution in [2.24, 2.45) is 0 Å². The second-order valence-electron chi connectivity index (χ2n) is 3.96. The Morgan fingerprint density at radius 1 is 1.15 bits per heavy atom. The first-order chi connectivity index (χ1) is 9.62. The van der Waals surface area contributed by atoms with E-state index in [0.29, 0.717) is 12.4 Å². The Morgan fingerprint density at radius 3 is 2.50 bits per heavy atom. The van der Waals surface area contributed by atoms with E-state index in [1.54, 1.807) is 13.2 Å². The van der Waals surface area contributed by atoms with Crippen LogP contribution in [0.1, 0.15) is 5.69 Å². The molecule has 0 bridgehead atoms. The third-order valence-corrected chi connectivity index (χ3v) is 3.98. The fraction of sp³-hybridized carbons (Fsp3) is 0.250. The van der Waals surface area contributed by atoms with Crippen LogP contribution in [0.3, 0.4) is 0 Å². The molecule has 0 spiro atoms. The molecule has 0 atom stereocenters. The number of pyridine rings is 1. The maximum absolute atomic E-state index is 12.0. The van der Waals surface area contributed by atoms with Crippen LogP contribution >= 0.6 is 0 Å². The lowest BCUT2D eigenvalue weighted by atomic mass is 10.3. The minimum Gasteiger partial charge on any atom is -0.357 e. The summed E-state index contributed by atoms with van der Waals surface area (Å²) in [4.78, 5) is 11.9. The van der Waals surface area contributed by atoms with Gasteiger partial charge in [0.05, 0.1) is 12.4 Å². The van der Waals surface area contributed by atoms with Crippen LogP contribution in [0.4, 0.5) is 5.95 Å². The minimum atomic E-state index is -3.59. The molecule has 8 heteroatoms. The molecule has 2 rings (SSSR count). The van der Waals surface area contributed by atoms with Gasteiger partial charge in [0.25, 0.3) is 0 Å². The second kappa shape index (κ2) is 6.40. The Bertz CT molecular complexity index is 643. The van der Waals surface area contributed by atoms with E-state index in [-0.39, 0.29) is 11.4 Å². The zero-order valence-electron chi connectivity index (χ0n) is 10.9. The third kappa shape index (κ3) is 3.72. The molecule has 7 nitrogen and oxygen atoms in total. The number of rotatable bonds is 6. The van der Waals surface area contributed by atoms with Gasteiger partial charge in [-0.3, -0.25) is 4.98 Å². The number of hydrogen-bond acceptors (Lipinski definition) is 6. The quantitative estimate of drug-likeness (QED) is 0.802. The van der Waals surface area contributed by atoms with Crippen LogP contribution in [0.2, 0.25) is 0 Å². The van der Waals surface area contributed by atoms with Crippen molar-refractivity contribution in [3.63, 3.8) is 0 Å². The molecule has 0 saturated carbocycles. The van der Waals surface area contributed by atoms with E-state index >= 15 is 0 Å². The van der Waals surface area contributed by atoms with Crippen molar-refractivity contribution in [3.8, 4) is 0 Å². The summed E-state index contributed by atoms with van der Waals surface area (Å²) in [5.41, 5.74) is 0.831. The maximum atomic E-state index is 12.0. The summed E-state index contributed by atoms with van der Waals surface area (Å²) in [5, 5.41) is 2.72. The number of aromatic nitrogens is 3. The summed E-state index contributed by atoms with van der Waals surface area (Å²) in [6.07, 6.45) is 4.73. The van der Waals surface area contributed by atoms with E-state index in [1.807, 2.05) is 18.2 Å². The van der Waals surface area contributed by atoms with Gasteiger partial charge < -0.3 is 5.32 Å². The van der Waals surface area contributed by atoms with E-state index in [2.05, 4.69) is 25.0 Å². The third-order valence-electron chi connectivity index (χ3n) is 2.56. The first-order valence-corrected chi connectivity index (χ1v) is 7.49. The fourth-order valence-corrected chi connectivity index (χ4v) is 2.45. The Kier molecular flexibility index (Phi) is 4.59. The van der Waals surface area contributed by atoms with Crippen molar-refractivity contribution in [3.05, 3.63) is 42.5 Å². The number of nitrogens with one attached hydrogen (secondary N) is 2. The van der Waals surface area contributed by atoms with Gasteiger partial charge >= 0.3 is 0 Å². The molecule has 2 aromatic rings. The molecule has 2 aromatic heterocycles. The lowest BCUT2D eigenvalue weighted by molar-refractivity contribution is 0.580. The SMILES string of the molecule is CNc1ncc(S(=O)(=O)NCCc2ccccn2)cn1. The molecule has 0 saturated heterocycles. The van der Waals surface area contributed by atoms with Crippen LogP contribution in [0, 0.1) is 0 Å². The molecule has 0 aliphatic rings. The van der Waals surface area contributed by atoms with Crippen LogP contribution in [0.15, 0.2) is 41.7 Å².